The summed E-state index contributed by atoms with van der Waals surface area (Å²) in [6, 6.07) is 13.4. The zero-order valence-electron chi connectivity index (χ0n) is 20.7. The van der Waals surface area contributed by atoms with Gasteiger partial charge in [-0.25, -0.2) is 0 Å². The van der Waals surface area contributed by atoms with Crippen LogP contribution in [0.1, 0.15) is 46.8 Å². The minimum atomic E-state index is -0.485. The van der Waals surface area contributed by atoms with E-state index in [4.69, 9.17) is 4.74 Å². The second-order valence-corrected chi connectivity index (χ2v) is 9.75. The quantitative estimate of drug-likeness (QED) is 0.676. The van der Waals surface area contributed by atoms with E-state index in [9.17, 15) is 14.4 Å². The van der Waals surface area contributed by atoms with Crippen LogP contribution in [-0.4, -0.2) is 64.6 Å². The highest BCUT2D eigenvalue weighted by molar-refractivity contribution is 6.02. The van der Waals surface area contributed by atoms with E-state index in [1.54, 1.807) is 17.9 Å². The van der Waals surface area contributed by atoms with Crippen molar-refractivity contribution >= 4 is 17.7 Å². The molecule has 0 radical (unpaired) electrons. The highest BCUT2D eigenvalue weighted by Crippen LogP contribution is 2.34. The van der Waals surface area contributed by atoms with Gasteiger partial charge in [0.2, 0.25) is 11.8 Å². The van der Waals surface area contributed by atoms with Crippen LogP contribution < -0.4 is 10.1 Å². The highest BCUT2D eigenvalue weighted by Gasteiger charge is 2.39. The number of hydrogen-bond acceptors (Lipinski definition) is 5. The summed E-state index contributed by atoms with van der Waals surface area (Å²) in [7, 11) is 0. The Bertz CT molecular complexity index is 1180. The van der Waals surface area contributed by atoms with Crippen LogP contribution in [0.5, 0.6) is 5.75 Å². The third kappa shape index (κ3) is 4.99. The molecule has 2 saturated heterocycles. The van der Waals surface area contributed by atoms with Crippen LogP contribution in [0.15, 0.2) is 54.7 Å². The Hall–Kier alpha value is -3.65. The average molecular weight is 489 g/mol. The van der Waals surface area contributed by atoms with E-state index in [0.29, 0.717) is 43.0 Å². The van der Waals surface area contributed by atoms with Crippen molar-refractivity contribution in [1.82, 2.24) is 20.0 Å². The minimum absolute atomic E-state index is 0.128. The maximum absolute atomic E-state index is 13.0. The standard InChI is InChI=1S/C28H32N4O4/c1-19-6-11-25(27(34)29-19)32-17-24-23(28(32)35)4-3-5-26(24)36-18-22-9-7-21(8-10-22)16-30-12-14-31(15-13-30)20(2)33/h3-5,7-10,25H,1,6,11-18H2,2H3,(H,29,34). The van der Waals surface area contributed by atoms with Crippen LogP contribution in [0.4, 0.5) is 0 Å². The molecule has 0 aromatic heterocycles. The van der Waals surface area contributed by atoms with Crippen LogP contribution >= 0.6 is 0 Å². The van der Waals surface area contributed by atoms with Crippen LogP contribution in [0.3, 0.4) is 0 Å². The van der Waals surface area contributed by atoms with E-state index in [0.717, 1.165) is 43.9 Å². The molecule has 3 aliphatic heterocycles. The number of nitrogens with zero attached hydrogens (tertiary/aromatic N) is 3. The average Bonchev–Trinajstić information content (AvgIpc) is 3.21. The van der Waals surface area contributed by atoms with Gasteiger partial charge in [-0.15, -0.1) is 0 Å². The lowest BCUT2D eigenvalue weighted by Gasteiger charge is -2.34. The van der Waals surface area contributed by atoms with Gasteiger partial charge in [-0.1, -0.05) is 36.9 Å². The number of rotatable bonds is 6. The fourth-order valence-electron chi connectivity index (χ4n) is 5.15. The first kappa shape index (κ1) is 24.1. The molecule has 3 amide bonds. The molecule has 3 heterocycles. The molecule has 1 atom stereocenters. The first-order valence-corrected chi connectivity index (χ1v) is 12.5. The summed E-state index contributed by atoms with van der Waals surface area (Å²) >= 11 is 0. The second kappa shape index (κ2) is 10.1. The summed E-state index contributed by atoms with van der Waals surface area (Å²) in [5.74, 6) is 0.523. The number of benzene rings is 2. The molecule has 0 bridgehead atoms. The Kier molecular flexibility index (Phi) is 6.78. The maximum atomic E-state index is 13.0. The second-order valence-electron chi connectivity index (χ2n) is 9.75. The molecule has 1 N–H and O–H groups in total. The lowest BCUT2D eigenvalue weighted by atomic mass is 10.0. The molecule has 8 nitrogen and oxygen atoms in total. The fourth-order valence-corrected chi connectivity index (χ4v) is 5.15. The molecule has 8 heteroatoms. The number of allylic oxidation sites excluding steroid dienone is 1. The van der Waals surface area contributed by atoms with Crippen molar-refractivity contribution in [2.45, 2.75) is 45.5 Å². The largest absolute Gasteiger partial charge is 0.489 e. The zero-order chi connectivity index (χ0) is 25.2. The van der Waals surface area contributed by atoms with Crippen molar-refractivity contribution in [3.63, 3.8) is 0 Å². The van der Waals surface area contributed by atoms with Crippen molar-refractivity contribution in [2.75, 3.05) is 26.2 Å². The lowest BCUT2D eigenvalue weighted by molar-refractivity contribution is -0.130. The third-order valence-corrected chi connectivity index (χ3v) is 7.29. The molecular weight excluding hydrogens is 456 g/mol. The van der Waals surface area contributed by atoms with Crippen LogP contribution in [-0.2, 0) is 29.3 Å². The SMILES string of the molecule is C=C1CCC(N2Cc3c(OCc4ccc(CN5CCN(C(C)=O)CC5)cc4)cccc3C2=O)C(=O)N1. The van der Waals surface area contributed by atoms with E-state index in [-0.39, 0.29) is 17.7 Å². The molecule has 0 spiro atoms. The Morgan fingerprint density at radius 2 is 1.78 bits per heavy atom. The topological polar surface area (TPSA) is 82.2 Å². The number of hydrogen-bond donors (Lipinski definition) is 1. The molecule has 2 aromatic rings. The van der Waals surface area contributed by atoms with Crippen molar-refractivity contribution < 1.29 is 19.1 Å². The number of fused-ring (bicyclic) bond motifs is 1. The Morgan fingerprint density at radius 1 is 1.06 bits per heavy atom. The molecule has 2 aromatic carbocycles. The molecule has 0 aliphatic carbocycles. The maximum Gasteiger partial charge on any atom is 0.255 e. The molecule has 5 rings (SSSR count). The van der Waals surface area contributed by atoms with Gasteiger partial charge in [0.15, 0.2) is 0 Å². The van der Waals surface area contributed by atoms with Gasteiger partial charge in [0.1, 0.15) is 18.4 Å². The summed E-state index contributed by atoms with van der Waals surface area (Å²) in [6.07, 6.45) is 1.25. The van der Waals surface area contributed by atoms with E-state index < -0.39 is 6.04 Å². The third-order valence-electron chi connectivity index (χ3n) is 7.29. The first-order valence-electron chi connectivity index (χ1n) is 12.5. The van der Waals surface area contributed by atoms with Crippen molar-refractivity contribution in [1.29, 1.82) is 0 Å². The highest BCUT2D eigenvalue weighted by atomic mass is 16.5. The summed E-state index contributed by atoms with van der Waals surface area (Å²) in [5.41, 5.74) is 4.41. The molecule has 36 heavy (non-hydrogen) atoms. The number of piperidine rings is 1. The smallest absolute Gasteiger partial charge is 0.255 e. The van der Waals surface area contributed by atoms with Gasteiger partial charge < -0.3 is 19.9 Å². The summed E-state index contributed by atoms with van der Waals surface area (Å²) in [5, 5.41) is 2.77. The van der Waals surface area contributed by atoms with Gasteiger partial charge >= 0.3 is 0 Å². The van der Waals surface area contributed by atoms with Crippen LogP contribution in [0, 0.1) is 0 Å². The van der Waals surface area contributed by atoms with Crippen LogP contribution in [0.25, 0.3) is 0 Å². The van der Waals surface area contributed by atoms with E-state index in [1.165, 1.54) is 5.56 Å². The lowest BCUT2D eigenvalue weighted by Crippen LogP contribution is -2.49. The molecule has 3 aliphatic rings. The van der Waals surface area contributed by atoms with Gasteiger partial charge in [-0.05, 0) is 36.1 Å². The van der Waals surface area contributed by atoms with Crippen molar-refractivity contribution in [2.24, 2.45) is 0 Å². The number of piperazine rings is 1. The van der Waals surface area contributed by atoms with Gasteiger partial charge in [-0.3, -0.25) is 19.3 Å². The predicted molar refractivity (Wildman–Crippen MR) is 135 cm³/mol. The molecule has 0 saturated carbocycles. The van der Waals surface area contributed by atoms with Crippen molar-refractivity contribution in [3.05, 3.63) is 77.0 Å². The molecule has 1 unspecified atom stereocenters. The minimum Gasteiger partial charge on any atom is -0.489 e. The number of ether oxygens (including phenoxy) is 1. The summed E-state index contributed by atoms with van der Waals surface area (Å²) in [4.78, 5) is 42.9. The monoisotopic (exact) mass is 488 g/mol. The Balaban J connectivity index is 1.18. The molecular formula is C28H32N4O4. The van der Waals surface area contributed by atoms with Gasteiger partial charge in [0, 0.05) is 56.5 Å². The Morgan fingerprint density at radius 3 is 2.47 bits per heavy atom. The van der Waals surface area contributed by atoms with Crippen LogP contribution in [0.2, 0.25) is 0 Å². The van der Waals surface area contributed by atoms with Gasteiger partial charge in [-0.2, -0.15) is 0 Å². The van der Waals surface area contributed by atoms with Crippen molar-refractivity contribution in [3.8, 4) is 5.75 Å². The normalized spacial score (nSPS) is 20.4. The predicted octanol–water partition coefficient (Wildman–Crippen LogP) is 2.68. The molecule has 188 valence electrons. The number of nitrogens with one attached hydrogen (secondary N) is 1. The van der Waals surface area contributed by atoms with E-state index in [2.05, 4.69) is 41.1 Å². The number of carbonyl (C=O) groups excluding carboxylic acids is 3. The fraction of sp³-hybridized carbons (Fsp3) is 0.393. The summed E-state index contributed by atoms with van der Waals surface area (Å²) in [6.45, 7) is 10.4. The van der Waals surface area contributed by atoms with E-state index in [1.807, 2.05) is 17.0 Å². The first-order chi connectivity index (χ1) is 17.4. The van der Waals surface area contributed by atoms with Gasteiger partial charge in [0.05, 0.1) is 6.54 Å². The summed E-state index contributed by atoms with van der Waals surface area (Å²) < 4.78 is 6.15. The number of amides is 3. The zero-order valence-corrected chi connectivity index (χ0v) is 20.7. The number of carbonyl (C=O) groups is 3. The molecule has 2 fully saturated rings. The Labute approximate surface area is 211 Å². The van der Waals surface area contributed by atoms with Gasteiger partial charge in [0.25, 0.3) is 5.91 Å². The van der Waals surface area contributed by atoms with E-state index >= 15 is 0 Å².